The Morgan fingerprint density at radius 1 is 1.19 bits per heavy atom. The van der Waals surface area contributed by atoms with Crippen molar-refractivity contribution in [3.8, 4) is 5.75 Å². The molecule has 1 saturated heterocycles. The summed E-state index contributed by atoms with van der Waals surface area (Å²) in [6, 6.07) is 10.9. The number of anilines is 1. The van der Waals surface area contributed by atoms with Gasteiger partial charge in [0.2, 0.25) is 5.91 Å². The lowest BCUT2D eigenvalue weighted by atomic mass is 10.2. The number of likely N-dealkylation sites (tertiary alicyclic amines) is 1. The van der Waals surface area contributed by atoms with Gasteiger partial charge in [0.15, 0.2) is 0 Å². The van der Waals surface area contributed by atoms with E-state index in [0.29, 0.717) is 18.8 Å². The zero-order chi connectivity index (χ0) is 21.8. The van der Waals surface area contributed by atoms with Crippen molar-refractivity contribution < 1.29 is 14.3 Å². The van der Waals surface area contributed by atoms with Crippen LogP contribution in [0.2, 0.25) is 0 Å². The van der Waals surface area contributed by atoms with Gasteiger partial charge >= 0.3 is 6.03 Å². The summed E-state index contributed by atoms with van der Waals surface area (Å²) in [5.74, 6) is 0.896. The third-order valence-electron chi connectivity index (χ3n) is 5.28. The van der Waals surface area contributed by atoms with E-state index in [0.717, 1.165) is 29.9 Å². The molecule has 31 heavy (non-hydrogen) atoms. The number of nitrogens with zero attached hydrogens (tertiary/aromatic N) is 3. The molecule has 8 nitrogen and oxygen atoms in total. The molecule has 4 rings (SSSR count). The Morgan fingerprint density at radius 3 is 2.77 bits per heavy atom. The van der Waals surface area contributed by atoms with Gasteiger partial charge in [0.25, 0.3) is 0 Å². The monoisotopic (exact) mass is 421 g/mol. The number of aromatic nitrogens is 2. The van der Waals surface area contributed by atoms with Crippen LogP contribution in [-0.2, 0) is 11.3 Å². The second-order valence-electron chi connectivity index (χ2n) is 8.03. The number of hydrogen-bond donors (Lipinski definition) is 2. The van der Waals surface area contributed by atoms with Gasteiger partial charge in [-0.2, -0.15) is 0 Å². The maximum Gasteiger partial charge on any atom is 0.319 e. The van der Waals surface area contributed by atoms with Crippen molar-refractivity contribution in [2.24, 2.45) is 5.92 Å². The summed E-state index contributed by atoms with van der Waals surface area (Å²) in [5, 5.41) is 5.67. The maximum atomic E-state index is 12.2. The zero-order valence-electron chi connectivity index (χ0n) is 17.7. The van der Waals surface area contributed by atoms with Crippen molar-refractivity contribution in [1.29, 1.82) is 0 Å². The number of fused-ring (bicyclic) bond motifs is 1. The van der Waals surface area contributed by atoms with Crippen LogP contribution in [0, 0.1) is 5.92 Å². The number of carbonyl (C=O) groups excluding carboxylic acids is 2. The van der Waals surface area contributed by atoms with Crippen LogP contribution >= 0.6 is 0 Å². The van der Waals surface area contributed by atoms with Crippen molar-refractivity contribution >= 4 is 23.3 Å². The Labute approximate surface area is 181 Å². The molecule has 3 amide bonds. The van der Waals surface area contributed by atoms with Crippen molar-refractivity contribution in [3.05, 3.63) is 60.6 Å². The molecule has 0 spiro atoms. The van der Waals surface area contributed by atoms with Gasteiger partial charge in [-0.3, -0.25) is 4.79 Å². The van der Waals surface area contributed by atoms with Crippen LogP contribution in [-0.4, -0.2) is 45.4 Å². The van der Waals surface area contributed by atoms with Crippen molar-refractivity contribution in [3.63, 3.8) is 0 Å². The summed E-state index contributed by atoms with van der Waals surface area (Å²) in [5.41, 5.74) is 2.49. The third-order valence-corrected chi connectivity index (χ3v) is 5.28. The molecule has 2 aromatic heterocycles. The highest BCUT2D eigenvalue weighted by molar-refractivity contribution is 5.89. The predicted octanol–water partition coefficient (Wildman–Crippen LogP) is 3.29. The molecule has 1 fully saturated rings. The average molecular weight is 422 g/mol. The molecule has 1 atom stereocenters. The lowest BCUT2D eigenvalue weighted by Gasteiger charge is -2.19. The van der Waals surface area contributed by atoms with E-state index in [2.05, 4.69) is 15.6 Å². The van der Waals surface area contributed by atoms with E-state index < -0.39 is 0 Å². The summed E-state index contributed by atoms with van der Waals surface area (Å²) in [7, 11) is 0. The molecule has 3 aromatic rings. The van der Waals surface area contributed by atoms with E-state index in [1.54, 1.807) is 18.3 Å². The topological polar surface area (TPSA) is 88.0 Å². The van der Waals surface area contributed by atoms with Crippen molar-refractivity contribution in [1.82, 2.24) is 19.6 Å². The number of nitrogens with one attached hydrogen (secondary N) is 2. The lowest BCUT2D eigenvalue weighted by Crippen LogP contribution is -2.33. The largest absolute Gasteiger partial charge is 0.489 e. The first kappa shape index (κ1) is 20.7. The first-order valence-corrected chi connectivity index (χ1v) is 10.5. The molecule has 1 aliphatic heterocycles. The van der Waals surface area contributed by atoms with Gasteiger partial charge in [0, 0.05) is 49.7 Å². The summed E-state index contributed by atoms with van der Waals surface area (Å²) >= 11 is 0. The zero-order valence-corrected chi connectivity index (χ0v) is 17.7. The highest BCUT2D eigenvalue weighted by atomic mass is 16.5. The Bertz CT molecular complexity index is 1060. The molecule has 8 heteroatoms. The van der Waals surface area contributed by atoms with Crippen LogP contribution in [0.1, 0.15) is 25.8 Å². The minimum atomic E-state index is -0.282. The summed E-state index contributed by atoms with van der Waals surface area (Å²) in [6.45, 7) is 5.58. The van der Waals surface area contributed by atoms with Crippen LogP contribution in [0.25, 0.3) is 5.65 Å². The number of pyridine rings is 1. The summed E-state index contributed by atoms with van der Waals surface area (Å²) in [4.78, 5) is 30.4. The number of amides is 3. The van der Waals surface area contributed by atoms with E-state index in [1.165, 1.54) is 0 Å². The normalized spacial score (nSPS) is 16.0. The van der Waals surface area contributed by atoms with Gasteiger partial charge in [-0.05, 0) is 42.0 Å². The number of ether oxygens (including phenoxy) is 1. The van der Waals surface area contributed by atoms with E-state index >= 15 is 0 Å². The van der Waals surface area contributed by atoms with E-state index in [1.807, 2.05) is 59.8 Å². The first-order valence-electron chi connectivity index (χ1n) is 10.5. The van der Waals surface area contributed by atoms with Gasteiger partial charge in [0.1, 0.15) is 17.5 Å². The fourth-order valence-electron chi connectivity index (χ4n) is 3.62. The van der Waals surface area contributed by atoms with Crippen LogP contribution in [0.15, 0.2) is 55.0 Å². The van der Waals surface area contributed by atoms with Crippen molar-refractivity contribution in [2.75, 3.05) is 18.4 Å². The van der Waals surface area contributed by atoms with Crippen molar-refractivity contribution in [2.45, 2.75) is 32.9 Å². The minimum Gasteiger partial charge on any atom is -0.489 e. The molecule has 1 aromatic carbocycles. The SMILES string of the molecule is CC(C)C(=O)N1CC[C@@H](Oc2ccc(NC(=O)NCc3ccn4ccnc4c3)cc2)C1. The van der Waals surface area contributed by atoms with Gasteiger partial charge in [-0.25, -0.2) is 9.78 Å². The van der Waals surface area contributed by atoms with Gasteiger partial charge in [-0.15, -0.1) is 0 Å². The smallest absolute Gasteiger partial charge is 0.319 e. The Kier molecular flexibility index (Phi) is 6.06. The van der Waals surface area contributed by atoms with Crippen LogP contribution in [0.5, 0.6) is 5.75 Å². The summed E-state index contributed by atoms with van der Waals surface area (Å²) < 4.78 is 7.91. The molecule has 1 aliphatic rings. The van der Waals surface area contributed by atoms with Crippen LogP contribution in [0.4, 0.5) is 10.5 Å². The number of carbonyl (C=O) groups is 2. The fraction of sp³-hybridized carbons (Fsp3) is 0.348. The first-order chi connectivity index (χ1) is 15.0. The Balaban J connectivity index is 1.24. The van der Waals surface area contributed by atoms with E-state index in [9.17, 15) is 9.59 Å². The molecule has 0 aliphatic carbocycles. The van der Waals surface area contributed by atoms with Crippen LogP contribution in [0.3, 0.4) is 0 Å². The van der Waals surface area contributed by atoms with Gasteiger partial charge in [-0.1, -0.05) is 13.8 Å². The standard InChI is InChI=1S/C23H27N5O3/c1-16(2)22(29)28-11-8-20(15-28)31-19-5-3-18(4-6-19)26-23(30)25-14-17-7-10-27-12-9-24-21(27)13-17/h3-7,9-10,12-13,16,20H,8,11,14-15H2,1-2H3,(H2,25,26,30)/t20-/m1/s1. The Hall–Kier alpha value is -3.55. The van der Waals surface area contributed by atoms with E-state index in [4.69, 9.17) is 4.74 Å². The number of rotatable bonds is 6. The Morgan fingerprint density at radius 2 is 2.00 bits per heavy atom. The minimum absolute atomic E-state index is 0.00257. The molecule has 2 N–H and O–H groups in total. The molecule has 0 saturated carbocycles. The van der Waals surface area contributed by atoms with E-state index in [-0.39, 0.29) is 24.0 Å². The van der Waals surface area contributed by atoms with Gasteiger partial charge in [0.05, 0.1) is 6.54 Å². The number of benzene rings is 1. The number of imidazole rings is 1. The fourth-order valence-corrected chi connectivity index (χ4v) is 3.62. The molecular weight excluding hydrogens is 394 g/mol. The van der Waals surface area contributed by atoms with Crippen LogP contribution < -0.4 is 15.4 Å². The molecule has 0 unspecified atom stereocenters. The second-order valence-corrected chi connectivity index (χ2v) is 8.03. The average Bonchev–Trinajstić information content (AvgIpc) is 3.42. The number of hydrogen-bond acceptors (Lipinski definition) is 4. The second kappa shape index (κ2) is 9.07. The predicted molar refractivity (Wildman–Crippen MR) is 118 cm³/mol. The highest BCUT2D eigenvalue weighted by Gasteiger charge is 2.28. The molecule has 162 valence electrons. The summed E-state index contributed by atoms with van der Waals surface area (Å²) in [6.07, 6.45) is 6.35. The maximum absolute atomic E-state index is 12.2. The molecule has 0 radical (unpaired) electrons. The molecule has 0 bridgehead atoms. The quantitative estimate of drug-likeness (QED) is 0.639. The highest BCUT2D eigenvalue weighted by Crippen LogP contribution is 2.21. The van der Waals surface area contributed by atoms with Gasteiger partial charge < -0.3 is 24.7 Å². The third kappa shape index (κ3) is 5.14. The number of urea groups is 1. The molecule has 3 heterocycles. The lowest BCUT2D eigenvalue weighted by molar-refractivity contribution is -0.133. The molecular formula is C23H27N5O3.